The molecule has 0 aromatic carbocycles. The highest BCUT2D eigenvalue weighted by Crippen LogP contribution is 2.37. The third kappa shape index (κ3) is 3.14. The van der Waals surface area contributed by atoms with E-state index >= 15 is 0 Å². The fourth-order valence-electron chi connectivity index (χ4n) is 2.98. The number of hydrogen-bond donors (Lipinski definition) is 1. The van der Waals surface area contributed by atoms with Crippen molar-refractivity contribution in [2.24, 2.45) is 5.73 Å². The van der Waals surface area contributed by atoms with Crippen LogP contribution in [0.2, 0.25) is 0 Å². The van der Waals surface area contributed by atoms with Crippen molar-refractivity contribution >= 4 is 11.8 Å². The van der Waals surface area contributed by atoms with Crippen LogP contribution in [0.4, 0.5) is 20.5 Å². The summed E-state index contributed by atoms with van der Waals surface area (Å²) in [5.74, 6) is -0.797. The summed E-state index contributed by atoms with van der Waals surface area (Å²) in [6.45, 7) is 0.668. The average molecular weight is 311 g/mol. The molecule has 0 atom stereocenters. The minimum atomic E-state index is -2.54. The summed E-state index contributed by atoms with van der Waals surface area (Å²) in [6, 6.07) is 2.20. The molecule has 0 bridgehead atoms. The number of nitrogens with zero attached hydrogens (tertiary/aromatic N) is 4. The van der Waals surface area contributed by atoms with Gasteiger partial charge < -0.3 is 15.5 Å². The molecule has 5 nitrogen and oxygen atoms in total. The van der Waals surface area contributed by atoms with Gasteiger partial charge in [0.05, 0.1) is 5.69 Å². The van der Waals surface area contributed by atoms with Crippen LogP contribution in [0.15, 0.2) is 6.07 Å². The predicted octanol–water partition coefficient (Wildman–Crippen LogP) is 1.98. The number of alkyl halides is 2. The molecule has 0 amide bonds. The van der Waals surface area contributed by atoms with Gasteiger partial charge in [0.15, 0.2) is 0 Å². The highest BCUT2D eigenvalue weighted by Gasteiger charge is 2.35. The molecule has 22 heavy (non-hydrogen) atoms. The smallest absolute Gasteiger partial charge is 0.251 e. The third-order valence-corrected chi connectivity index (χ3v) is 4.53. The lowest BCUT2D eigenvalue weighted by Crippen LogP contribution is -2.40. The normalized spacial score (nSPS) is 27.4. The molecule has 0 spiro atoms. The van der Waals surface area contributed by atoms with Gasteiger partial charge in [0.25, 0.3) is 5.92 Å². The molecule has 1 aromatic rings. The summed E-state index contributed by atoms with van der Waals surface area (Å²) in [7, 11) is 3.78. The van der Waals surface area contributed by atoms with E-state index in [4.69, 9.17) is 5.73 Å². The summed E-state index contributed by atoms with van der Waals surface area (Å²) in [4.78, 5) is 12.9. The summed E-state index contributed by atoms with van der Waals surface area (Å²) in [6.07, 6.45) is 1.64. The molecule has 122 valence electrons. The maximum atomic E-state index is 13.3. The first kappa shape index (κ1) is 15.4. The average Bonchev–Trinajstić information content (AvgIpc) is 2.43. The second kappa shape index (κ2) is 5.61. The predicted molar refractivity (Wildman–Crippen MR) is 82.7 cm³/mol. The lowest BCUT2D eigenvalue weighted by molar-refractivity contribution is -0.0221. The zero-order valence-corrected chi connectivity index (χ0v) is 13.1. The molecular weight excluding hydrogens is 288 g/mol. The zero-order valence-electron chi connectivity index (χ0n) is 13.1. The molecule has 2 fully saturated rings. The lowest BCUT2D eigenvalue weighted by atomic mass is 9.78. The van der Waals surface area contributed by atoms with Crippen molar-refractivity contribution in [2.75, 3.05) is 37.0 Å². The zero-order chi connectivity index (χ0) is 15.9. The Labute approximate surface area is 129 Å². The monoisotopic (exact) mass is 311 g/mol. The summed E-state index contributed by atoms with van der Waals surface area (Å²) in [5.41, 5.74) is 6.85. The molecule has 3 rings (SSSR count). The standard InChI is InChI=1S/C15H23F2N5/c1-21(2)14-19-12(10-7-11(18)8-10)9-13(20-14)22-5-3-15(16,17)4-6-22/h9-11H,3-8,18H2,1-2H3. The topological polar surface area (TPSA) is 58.3 Å². The van der Waals surface area contributed by atoms with E-state index in [1.54, 1.807) is 0 Å². The Balaban J connectivity index is 1.83. The molecule has 1 aliphatic heterocycles. The van der Waals surface area contributed by atoms with E-state index in [-0.39, 0.29) is 18.9 Å². The molecule has 0 unspecified atom stereocenters. The molecule has 0 radical (unpaired) electrons. The van der Waals surface area contributed by atoms with E-state index < -0.39 is 5.92 Å². The van der Waals surface area contributed by atoms with Gasteiger partial charge in [-0.2, -0.15) is 4.98 Å². The molecule has 2 N–H and O–H groups in total. The minimum Gasteiger partial charge on any atom is -0.356 e. The van der Waals surface area contributed by atoms with Crippen LogP contribution in [0.5, 0.6) is 0 Å². The van der Waals surface area contributed by atoms with E-state index in [1.807, 2.05) is 30.0 Å². The third-order valence-electron chi connectivity index (χ3n) is 4.53. The number of rotatable bonds is 3. The van der Waals surface area contributed by atoms with Crippen molar-refractivity contribution in [3.63, 3.8) is 0 Å². The highest BCUT2D eigenvalue weighted by molar-refractivity contribution is 5.47. The maximum Gasteiger partial charge on any atom is 0.251 e. The summed E-state index contributed by atoms with van der Waals surface area (Å²) in [5, 5.41) is 0. The molecule has 7 heteroatoms. The molecule has 1 saturated heterocycles. The van der Waals surface area contributed by atoms with Gasteiger partial charge in [-0.15, -0.1) is 0 Å². The van der Waals surface area contributed by atoms with Crippen LogP contribution in [0.3, 0.4) is 0 Å². The van der Waals surface area contributed by atoms with Crippen molar-refractivity contribution in [3.05, 3.63) is 11.8 Å². The Morgan fingerprint density at radius 3 is 2.41 bits per heavy atom. The Kier molecular flexibility index (Phi) is 3.92. The van der Waals surface area contributed by atoms with Crippen LogP contribution in [0.1, 0.15) is 37.3 Å². The second-order valence-corrected chi connectivity index (χ2v) is 6.62. The first-order chi connectivity index (χ1) is 10.3. The fourth-order valence-corrected chi connectivity index (χ4v) is 2.98. The number of nitrogens with two attached hydrogens (primary N) is 1. The van der Waals surface area contributed by atoms with Crippen LogP contribution in [-0.2, 0) is 0 Å². The number of piperidine rings is 1. The Hall–Kier alpha value is -1.50. The van der Waals surface area contributed by atoms with E-state index in [0.717, 1.165) is 24.4 Å². The highest BCUT2D eigenvalue weighted by atomic mass is 19.3. The largest absolute Gasteiger partial charge is 0.356 e. The molecule has 2 heterocycles. The van der Waals surface area contributed by atoms with Crippen LogP contribution in [-0.4, -0.2) is 49.1 Å². The maximum absolute atomic E-state index is 13.3. The van der Waals surface area contributed by atoms with Crippen LogP contribution in [0.25, 0.3) is 0 Å². The molecule has 2 aliphatic rings. The minimum absolute atomic E-state index is 0.113. The van der Waals surface area contributed by atoms with Gasteiger partial charge in [-0.3, -0.25) is 0 Å². The van der Waals surface area contributed by atoms with Gasteiger partial charge in [0.2, 0.25) is 5.95 Å². The van der Waals surface area contributed by atoms with Crippen molar-refractivity contribution in [1.82, 2.24) is 9.97 Å². The van der Waals surface area contributed by atoms with Crippen molar-refractivity contribution in [1.29, 1.82) is 0 Å². The quantitative estimate of drug-likeness (QED) is 0.925. The Morgan fingerprint density at radius 2 is 1.86 bits per heavy atom. The summed E-state index contributed by atoms with van der Waals surface area (Å²) >= 11 is 0. The number of aromatic nitrogens is 2. The van der Waals surface area contributed by atoms with Crippen LogP contribution >= 0.6 is 0 Å². The van der Waals surface area contributed by atoms with Gasteiger partial charge >= 0.3 is 0 Å². The van der Waals surface area contributed by atoms with Crippen molar-refractivity contribution in [3.8, 4) is 0 Å². The Morgan fingerprint density at radius 1 is 1.23 bits per heavy atom. The molecular formula is C15H23F2N5. The van der Waals surface area contributed by atoms with Gasteiger partial charge in [-0.25, -0.2) is 13.8 Å². The van der Waals surface area contributed by atoms with Crippen molar-refractivity contribution in [2.45, 2.75) is 43.6 Å². The van der Waals surface area contributed by atoms with Gasteiger partial charge in [-0.05, 0) is 12.8 Å². The van der Waals surface area contributed by atoms with Gasteiger partial charge in [0, 0.05) is 58.1 Å². The van der Waals surface area contributed by atoms with E-state index in [1.165, 1.54) is 0 Å². The Bertz CT molecular complexity index is 533. The molecule has 1 saturated carbocycles. The van der Waals surface area contributed by atoms with E-state index in [9.17, 15) is 8.78 Å². The fraction of sp³-hybridized carbons (Fsp3) is 0.733. The number of halogens is 2. The second-order valence-electron chi connectivity index (χ2n) is 6.62. The molecule has 1 aliphatic carbocycles. The summed E-state index contributed by atoms with van der Waals surface area (Å²) < 4.78 is 26.7. The molecule has 1 aromatic heterocycles. The number of hydrogen-bond acceptors (Lipinski definition) is 5. The number of anilines is 2. The SMILES string of the molecule is CN(C)c1nc(C2CC(N)C2)cc(N2CCC(F)(F)CC2)n1. The van der Waals surface area contributed by atoms with Gasteiger partial charge in [-0.1, -0.05) is 0 Å². The van der Waals surface area contributed by atoms with Crippen molar-refractivity contribution < 1.29 is 8.78 Å². The van der Waals surface area contributed by atoms with E-state index in [2.05, 4.69) is 9.97 Å². The van der Waals surface area contributed by atoms with E-state index in [0.29, 0.717) is 25.0 Å². The lowest BCUT2D eigenvalue weighted by Gasteiger charge is -2.35. The first-order valence-electron chi connectivity index (χ1n) is 7.79. The van der Waals surface area contributed by atoms with Crippen LogP contribution in [0, 0.1) is 0 Å². The van der Waals surface area contributed by atoms with Gasteiger partial charge in [0.1, 0.15) is 5.82 Å². The first-order valence-corrected chi connectivity index (χ1v) is 7.79. The van der Waals surface area contributed by atoms with Crippen LogP contribution < -0.4 is 15.5 Å².